The second-order valence-electron chi connectivity index (χ2n) is 11.2. The molecule has 2 heteroatoms. The first kappa shape index (κ1) is 23.9. The molecule has 0 spiro atoms. The average Bonchev–Trinajstić information content (AvgIpc) is 3.41. The van der Waals surface area contributed by atoms with E-state index in [1.807, 2.05) is 12.4 Å². The summed E-state index contributed by atoms with van der Waals surface area (Å²) in [7, 11) is 0. The van der Waals surface area contributed by atoms with Crippen LogP contribution in [0.3, 0.4) is 0 Å². The number of pyridine rings is 1. The van der Waals surface area contributed by atoms with Gasteiger partial charge in [0.2, 0.25) is 0 Å². The van der Waals surface area contributed by atoms with Crippen molar-refractivity contribution < 1.29 is 0 Å². The second-order valence-corrected chi connectivity index (χ2v) is 11.2. The number of hydrogen-bond acceptors (Lipinski definition) is 1. The van der Waals surface area contributed by atoms with Gasteiger partial charge < -0.3 is 4.57 Å². The Morgan fingerprint density at radius 2 is 0.953 bits per heavy atom. The Bertz CT molecular complexity index is 2390. The van der Waals surface area contributed by atoms with E-state index in [4.69, 9.17) is 0 Å². The predicted octanol–water partition coefficient (Wildman–Crippen LogP) is 11.0. The molecule has 2 nitrogen and oxygen atoms in total. The van der Waals surface area contributed by atoms with Crippen molar-refractivity contribution in [3.05, 3.63) is 158 Å². The fourth-order valence-corrected chi connectivity index (χ4v) is 6.98. The Morgan fingerprint density at radius 1 is 0.395 bits per heavy atom. The van der Waals surface area contributed by atoms with Gasteiger partial charge in [0.15, 0.2) is 0 Å². The molecule has 0 aliphatic rings. The van der Waals surface area contributed by atoms with Gasteiger partial charge in [-0.05, 0) is 84.9 Å². The van der Waals surface area contributed by atoms with Crippen LogP contribution >= 0.6 is 0 Å². The van der Waals surface area contributed by atoms with Gasteiger partial charge in [-0.25, -0.2) is 0 Å². The van der Waals surface area contributed by atoms with E-state index in [1.54, 1.807) is 0 Å². The standard InChI is InChI=1S/C41H26N2/c1-2-10-27(11-3-1)40-33-13-4-6-15-35(33)41(36-16-7-5-14-34(36)40)30-19-18-29-25-31(21-20-28(29)24-30)43-38-17-9-8-12-32(38)37-26-42-23-22-39(37)43/h1-26H. The molecule has 2 heterocycles. The lowest BCUT2D eigenvalue weighted by Gasteiger charge is -2.18. The molecule has 0 saturated carbocycles. The quantitative estimate of drug-likeness (QED) is 0.202. The van der Waals surface area contributed by atoms with Crippen molar-refractivity contribution in [2.75, 3.05) is 0 Å². The summed E-state index contributed by atoms with van der Waals surface area (Å²) in [6.45, 7) is 0. The van der Waals surface area contributed by atoms with Crippen LogP contribution in [0, 0.1) is 0 Å². The summed E-state index contributed by atoms with van der Waals surface area (Å²) < 4.78 is 2.35. The molecule has 0 saturated heterocycles. The number of nitrogens with zero attached hydrogens (tertiary/aromatic N) is 2. The van der Waals surface area contributed by atoms with E-state index in [9.17, 15) is 0 Å². The maximum Gasteiger partial charge on any atom is 0.0571 e. The third kappa shape index (κ3) is 3.63. The van der Waals surface area contributed by atoms with Gasteiger partial charge in [-0.3, -0.25) is 4.98 Å². The van der Waals surface area contributed by atoms with Crippen LogP contribution in [0.15, 0.2) is 158 Å². The number of fused-ring (bicyclic) bond motifs is 6. The molecule has 0 unspecified atom stereocenters. The summed E-state index contributed by atoms with van der Waals surface area (Å²) >= 11 is 0. The number of hydrogen-bond donors (Lipinski definition) is 0. The molecular weight excluding hydrogens is 520 g/mol. The topological polar surface area (TPSA) is 17.8 Å². The molecule has 0 aliphatic heterocycles. The molecule has 0 amide bonds. The Labute approximate surface area is 249 Å². The van der Waals surface area contributed by atoms with E-state index in [0.717, 1.165) is 5.69 Å². The molecular formula is C41H26N2. The molecule has 43 heavy (non-hydrogen) atoms. The van der Waals surface area contributed by atoms with Crippen LogP contribution in [0.25, 0.3) is 82.1 Å². The van der Waals surface area contributed by atoms with Crippen molar-refractivity contribution in [1.29, 1.82) is 0 Å². The Hall–Kier alpha value is -5.73. The van der Waals surface area contributed by atoms with Crippen LogP contribution in [-0.4, -0.2) is 9.55 Å². The molecule has 0 bridgehead atoms. The van der Waals surface area contributed by atoms with Crippen molar-refractivity contribution in [3.63, 3.8) is 0 Å². The molecule has 0 aliphatic carbocycles. The first-order valence-corrected chi connectivity index (χ1v) is 14.7. The summed E-state index contributed by atoms with van der Waals surface area (Å²) in [4.78, 5) is 4.41. The average molecular weight is 547 g/mol. The Morgan fingerprint density at radius 3 is 1.67 bits per heavy atom. The first-order chi connectivity index (χ1) is 21.3. The van der Waals surface area contributed by atoms with Gasteiger partial charge in [0.05, 0.1) is 11.0 Å². The number of aromatic nitrogens is 2. The van der Waals surface area contributed by atoms with Crippen molar-refractivity contribution in [3.8, 4) is 27.9 Å². The zero-order chi connectivity index (χ0) is 28.3. The third-order valence-electron chi connectivity index (χ3n) is 8.84. The SMILES string of the molecule is c1ccc(-c2c3ccccc3c(-c3ccc4cc(-n5c6ccccc6c6cnccc65)ccc4c3)c3ccccc23)cc1. The smallest absolute Gasteiger partial charge is 0.0571 e. The maximum absolute atomic E-state index is 4.41. The molecule has 0 atom stereocenters. The first-order valence-electron chi connectivity index (χ1n) is 14.7. The zero-order valence-corrected chi connectivity index (χ0v) is 23.4. The van der Waals surface area contributed by atoms with E-state index in [-0.39, 0.29) is 0 Å². The molecule has 0 fully saturated rings. The van der Waals surface area contributed by atoms with Gasteiger partial charge in [0, 0.05) is 28.9 Å². The lowest BCUT2D eigenvalue weighted by molar-refractivity contribution is 1.18. The predicted molar refractivity (Wildman–Crippen MR) is 182 cm³/mol. The minimum absolute atomic E-state index is 1.15. The van der Waals surface area contributed by atoms with Crippen LogP contribution in [-0.2, 0) is 0 Å². The van der Waals surface area contributed by atoms with E-state index < -0.39 is 0 Å². The highest BCUT2D eigenvalue weighted by Gasteiger charge is 2.17. The van der Waals surface area contributed by atoms with Crippen molar-refractivity contribution in [2.45, 2.75) is 0 Å². The minimum atomic E-state index is 1.15. The van der Waals surface area contributed by atoms with Gasteiger partial charge in [0.1, 0.15) is 0 Å². The summed E-state index contributed by atoms with van der Waals surface area (Å²) in [5.41, 5.74) is 8.57. The lowest BCUT2D eigenvalue weighted by atomic mass is 9.85. The summed E-state index contributed by atoms with van der Waals surface area (Å²) in [6, 6.07) is 52.9. The number of benzene rings is 7. The van der Waals surface area contributed by atoms with Crippen LogP contribution in [0.2, 0.25) is 0 Å². The molecule has 9 rings (SSSR count). The summed E-state index contributed by atoms with van der Waals surface area (Å²) in [5, 5.41) is 9.94. The van der Waals surface area contributed by atoms with Gasteiger partial charge in [0.25, 0.3) is 0 Å². The van der Waals surface area contributed by atoms with Crippen LogP contribution in [0.4, 0.5) is 0 Å². The third-order valence-corrected chi connectivity index (χ3v) is 8.84. The van der Waals surface area contributed by atoms with Crippen LogP contribution in [0.5, 0.6) is 0 Å². The molecule has 0 radical (unpaired) electrons. The van der Waals surface area contributed by atoms with Crippen molar-refractivity contribution in [1.82, 2.24) is 9.55 Å². The number of rotatable bonds is 3. The highest BCUT2D eigenvalue weighted by molar-refractivity contribution is 6.21. The zero-order valence-electron chi connectivity index (χ0n) is 23.4. The summed E-state index contributed by atoms with van der Waals surface area (Å²) in [6.07, 6.45) is 3.85. The molecule has 2 aromatic heterocycles. The number of para-hydroxylation sites is 1. The van der Waals surface area contributed by atoms with Gasteiger partial charge >= 0.3 is 0 Å². The molecule has 9 aromatic rings. The van der Waals surface area contributed by atoms with Crippen molar-refractivity contribution in [2.24, 2.45) is 0 Å². The molecule has 7 aromatic carbocycles. The molecule has 200 valence electrons. The van der Waals surface area contributed by atoms with Gasteiger partial charge in [-0.15, -0.1) is 0 Å². The summed E-state index contributed by atoms with van der Waals surface area (Å²) in [5.74, 6) is 0. The lowest BCUT2D eigenvalue weighted by Crippen LogP contribution is -1.94. The largest absolute Gasteiger partial charge is 0.309 e. The van der Waals surface area contributed by atoms with Gasteiger partial charge in [-0.2, -0.15) is 0 Å². The van der Waals surface area contributed by atoms with Crippen molar-refractivity contribution >= 4 is 54.1 Å². The monoisotopic (exact) mass is 546 g/mol. The highest BCUT2D eigenvalue weighted by atomic mass is 15.0. The Kier molecular flexibility index (Phi) is 5.23. The van der Waals surface area contributed by atoms with E-state index in [1.165, 1.54) is 76.4 Å². The van der Waals surface area contributed by atoms with E-state index >= 15 is 0 Å². The van der Waals surface area contributed by atoms with E-state index in [0.29, 0.717) is 0 Å². The Balaban J connectivity index is 1.27. The van der Waals surface area contributed by atoms with Gasteiger partial charge in [-0.1, -0.05) is 115 Å². The molecule has 0 N–H and O–H groups in total. The fourth-order valence-electron chi connectivity index (χ4n) is 6.98. The fraction of sp³-hybridized carbons (Fsp3) is 0. The van der Waals surface area contributed by atoms with Crippen LogP contribution < -0.4 is 0 Å². The second kappa shape index (κ2) is 9.40. The highest BCUT2D eigenvalue weighted by Crippen LogP contribution is 2.44. The minimum Gasteiger partial charge on any atom is -0.309 e. The van der Waals surface area contributed by atoms with Crippen LogP contribution in [0.1, 0.15) is 0 Å². The maximum atomic E-state index is 4.41. The normalized spacial score (nSPS) is 11.7. The van der Waals surface area contributed by atoms with E-state index in [2.05, 4.69) is 155 Å².